The molecule has 1 saturated heterocycles. The summed E-state index contributed by atoms with van der Waals surface area (Å²) in [5, 5.41) is 3.17. The zero-order chi connectivity index (χ0) is 13.7. The van der Waals surface area contributed by atoms with Crippen molar-refractivity contribution >= 4 is 17.2 Å². The van der Waals surface area contributed by atoms with E-state index in [2.05, 4.69) is 17.1 Å². The van der Waals surface area contributed by atoms with Gasteiger partial charge < -0.3 is 10.2 Å². The highest BCUT2D eigenvalue weighted by molar-refractivity contribution is 7.13. The molecule has 0 unspecified atom stereocenters. The minimum Gasteiger partial charge on any atom is -0.349 e. The summed E-state index contributed by atoms with van der Waals surface area (Å²) in [6, 6.07) is 4.28. The quantitative estimate of drug-likeness (QED) is 0.899. The number of nitrogens with one attached hydrogen (secondary N) is 1. The smallest absolute Gasteiger partial charge is 0.261 e. The summed E-state index contributed by atoms with van der Waals surface area (Å²) < 4.78 is 0. The largest absolute Gasteiger partial charge is 0.349 e. The van der Waals surface area contributed by atoms with Crippen LogP contribution in [0.1, 0.15) is 47.2 Å². The van der Waals surface area contributed by atoms with Gasteiger partial charge in [0, 0.05) is 24.0 Å². The van der Waals surface area contributed by atoms with Crippen molar-refractivity contribution in [3.8, 4) is 0 Å². The van der Waals surface area contributed by atoms with Crippen LogP contribution in [0, 0.1) is 6.92 Å². The van der Waals surface area contributed by atoms with E-state index < -0.39 is 0 Å². The third-order valence-corrected chi connectivity index (χ3v) is 4.71. The fourth-order valence-electron chi connectivity index (χ4n) is 2.50. The molecule has 1 aromatic rings. The Morgan fingerprint density at radius 3 is 2.74 bits per heavy atom. The molecule has 3 nitrogen and oxygen atoms in total. The van der Waals surface area contributed by atoms with E-state index in [4.69, 9.17) is 0 Å². The number of aryl methyl sites for hydroxylation is 1. The van der Waals surface area contributed by atoms with Gasteiger partial charge in [-0.3, -0.25) is 4.79 Å². The third-order valence-electron chi connectivity index (χ3n) is 3.71. The highest BCUT2D eigenvalue weighted by Gasteiger charge is 2.21. The van der Waals surface area contributed by atoms with Crippen LogP contribution < -0.4 is 5.32 Å². The summed E-state index contributed by atoms with van der Waals surface area (Å²) in [4.78, 5) is 16.6. The Morgan fingerprint density at radius 1 is 1.42 bits per heavy atom. The van der Waals surface area contributed by atoms with Gasteiger partial charge in [-0.25, -0.2) is 0 Å². The molecule has 2 rings (SSSR count). The number of rotatable bonds is 5. The van der Waals surface area contributed by atoms with Crippen molar-refractivity contribution < 1.29 is 4.79 Å². The van der Waals surface area contributed by atoms with E-state index in [1.54, 1.807) is 11.3 Å². The van der Waals surface area contributed by atoms with Crippen molar-refractivity contribution in [2.75, 3.05) is 19.6 Å². The van der Waals surface area contributed by atoms with Gasteiger partial charge in [0.15, 0.2) is 0 Å². The Bertz CT molecular complexity index is 408. The molecule has 1 N–H and O–H groups in total. The number of unbranched alkanes of at least 4 members (excludes halogenated alkanes) is 1. The molecule has 1 aliphatic heterocycles. The van der Waals surface area contributed by atoms with E-state index >= 15 is 0 Å². The second-order valence-electron chi connectivity index (χ2n) is 5.35. The van der Waals surface area contributed by atoms with E-state index in [9.17, 15) is 4.79 Å². The number of carbonyl (C=O) groups excluding carboxylic acids is 1. The fourth-order valence-corrected chi connectivity index (χ4v) is 3.27. The summed E-state index contributed by atoms with van der Waals surface area (Å²) in [5.41, 5.74) is 0. The molecular formula is C15H24N2OS. The van der Waals surface area contributed by atoms with E-state index in [0.717, 1.165) is 30.8 Å². The molecule has 0 bridgehead atoms. The van der Waals surface area contributed by atoms with E-state index in [-0.39, 0.29) is 5.91 Å². The molecule has 1 fully saturated rings. The van der Waals surface area contributed by atoms with Crippen LogP contribution in [0.15, 0.2) is 12.1 Å². The van der Waals surface area contributed by atoms with Crippen molar-refractivity contribution in [2.45, 2.75) is 45.6 Å². The maximum atomic E-state index is 12.1. The van der Waals surface area contributed by atoms with Gasteiger partial charge in [0.25, 0.3) is 5.91 Å². The first-order chi connectivity index (χ1) is 9.19. The van der Waals surface area contributed by atoms with Crippen LogP contribution in [-0.2, 0) is 0 Å². The molecule has 0 atom stereocenters. The maximum Gasteiger partial charge on any atom is 0.261 e. The average Bonchev–Trinajstić information content (AvgIpc) is 2.85. The highest BCUT2D eigenvalue weighted by Crippen LogP contribution is 2.16. The van der Waals surface area contributed by atoms with Crippen molar-refractivity contribution in [3.05, 3.63) is 21.9 Å². The first-order valence-corrected chi connectivity index (χ1v) is 8.10. The van der Waals surface area contributed by atoms with Gasteiger partial charge in [-0.2, -0.15) is 0 Å². The first-order valence-electron chi connectivity index (χ1n) is 7.28. The molecular weight excluding hydrogens is 256 g/mol. The standard InChI is InChI=1S/C15H24N2OS/c1-3-4-9-17-10-7-13(8-11-17)16-15(18)14-6-5-12(2)19-14/h5-6,13H,3-4,7-11H2,1-2H3,(H,16,18). The zero-order valence-corrected chi connectivity index (χ0v) is 12.8. The number of amides is 1. The number of piperidine rings is 1. The lowest BCUT2D eigenvalue weighted by Gasteiger charge is -2.32. The van der Waals surface area contributed by atoms with E-state index in [1.165, 1.54) is 24.3 Å². The minimum atomic E-state index is 0.102. The topological polar surface area (TPSA) is 32.3 Å². The van der Waals surface area contributed by atoms with E-state index in [1.807, 2.05) is 19.1 Å². The van der Waals surface area contributed by atoms with Crippen LogP contribution in [0.3, 0.4) is 0 Å². The molecule has 1 amide bonds. The zero-order valence-electron chi connectivity index (χ0n) is 11.9. The number of nitrogens with zero attached hydrogens (tertiary/aromatic N) is 1. The Kier molecular flexibility index (Phi) is 5.40. The molecule has 0 saturated carbocycles. The second kappa shape index (κ2) is 7.06. The lowest BCUT2D eigenvalue weighted by Crippen LogP contribution is -2.44. The first kappa shape index (κ1) is 14.5. The SMILES string of the molecule is CCCCN1CCC(NC(=O)c2ccc(C)s2)CC1. The number of likely N-dealkylation sites (tertiary alicyclic amines) is 1. The average molecular weight is 280 g/mol. The second-order valence-corrected chi connectivity index (χ2v) is 6.64. The summed E-state index contributed by atoms with van der Waals surface area (Å²) in [7, 11) is 0. The third kappa shape index (κ3) is 4.32. The fraction of sp³-hybridized carbons (Fsp3) is 0.667. The van der Waals surface area contributed by atoms with Gasteiger partial charge in [0.05, 0.1) is 4.88 Å². The molecule has 2 heterocycles. The van der Waals surface area contributed by atoms with Crippen LogP contribution in [0.4, 0.5) is 0 Å². The van der Waals surface area contributed by atoms with Crippen LogP contribution >= 0.6 is 11.3 Å². The van der Waals surface area contributed by atoms with Gasteiger partial charge >= 0.3 is 0 Å². The molecule has 1 aromatic heterocycles. The van der Waals surface area contributed by atoms with E-state index in [0.29, 0.717) is 6.04 Å². The van der Waals surface area contributed by atoms with Gasteiger partial charge in [-0.15, -0.1) is 11.3 Å². The van der Waals surface area contributed by atoms with Gasteiger partial charge in [-0.1, -0.05) is 13.3 Å². The normalized spacial score (nSPS) is 17.6. The van der Waals surface area contributed by atoms with Gasteiger partial charge in [0.2, 0.25) is 0 Å². The van der Waals surface area contributed by atoms with Crippen molar-refractivity contribution in [1.29, 1.82) is 0 Å². The van der Waals surface area contributed by atoms with Crippen molar-refractivity contribution in [2.24, 2.45) is 0 Å². The Hall–Kier alpha value is -0.870. The lowest BCUT2D eigenvalue weighted by atomic mass is 10.0. The highest BCUT2D eigenvalue weighted by atomic mass is 32.1. The van der Waals surface area contributed by atoms with Crippen LogP contribution in [0.25, 0.3) is 0 Å². The maximum absolute atomic E-state index is 12.1. The molecule has 0 radical (unpaired) electrons. The number of hydrogen-bond donors (Lipinski definition) is 1. The minimum absolute atomic E-state index is 0.102. The Labute approximate surface area is 120 Å². The van der Waals surface area contributed by atoms with Crippen molar-refractivity contribution in [1.82, 2.24) is 10.2 Å². The molecule has 1 aliphatic rings. The number of hydrogen-bond acceptors (Lipinski definition) is 3. The summed E-state index contributed by atoms with van der Waals surface area (Å²) in [6.45, 7) is 7.72. The van der Waals surface area contributed by atoms with Crippen LogP contribution in [0.2, 0.25) is 0 Å². The van der Waals surface area contributed by atoms with Crippen LogP contribution in [-0.4, -0.2) is 36.5 Å². The molecule has 106 valence electrons. The number of thiophene rings is 1. The monoisotopic (exact) mass is 280 g/mol. The van der Waals surface area contributed by atoms with Crippen molar-refractivity contribution in [3.63, 3.8) is 0 Å². The summed E-state index contributed by atoms with van der Waals surface area (Å²) in [6.07, 6.45) is 4.71. The molecule has 4 heteroatoms. The lowest BCUT2D eigenvalue weighted by molar-refractivity contribution is 0.0915. The summed E-state index contributed by atoms with van der Waals surface area (Å²) >= 11 is 1.57. The molecule has 19 heavy (non-hydrogen) atoms. The van der Waals surface area contributed by atoms with Gasteiger partial charge in [0.1, 0.15) is 0 Å². The number of carbonyl (C=O) groups is 1. The summed E-state index contributed by atoms with van der Waals surface area (Å²) in [5.74, 6) is 0.102. The molecule has 0 spiro atoms. The van der Waals surface area contributed by atoms with Crippen LogP contribution in [0.5, 0.6) is 0 Å². The Morgan fingerprint density at radius 2 is 2.16 bits per heavy atom. The molecule has 0 aliphatic carbocycles. The Balaban J connectivity index is 1.75. The predicted octanol–water partition coefficient (Wildman–Crippen LogP) is 3.05. The molecule has 0 aromatic carbocycles. The van der Waals surface area contributed by atoms with Gasteiger partial charge in [-0.05, 0) is 44.9 Å². The predicted molar refractivity (Wildman–Crippen MR) is 80.9 cm³/mol.